The standard InChI is InChI=1S/C25H30N6/c1-2-8-22-21(7-1)27-24(23-9-4-13-31(22)23)20-6-3-10-26-25(20)30-18-16-29(17-19-30)15-14-28-11-5-12-28/h1-4,6-10,13,24,27H,5,11-12,14-19H2. The molecule has 0 spiro atoms. The zero-order valence-electron chi connectivity index (χ0n) is 18.0. The molecule has 0 radical (unpaired) electrons. The van der Waals surface area contributed by atoms with E-state index in [4.69, 9.17) is 4.98 Å². The van der Waals surface area contributed by atoms with Gasteiger partial charge < -0.3 is 19.7 Å². The van der Waals surface area contributed by atoms with Crippen molar-refractivity contribution in [3.63, 3.8) is 0 Å². The second kappa shape index (κ2) is 8.02. The van der Waals surface area contributed by atoms with Crippen LogP contribution in [0.1, 0.15) is 23.7 Å². The van der Waals surface area contributed by atoms with Gasteiger partial charge in [0, 0.05) is 62.9 Å². The van der Waals surface area contributed by atoms with Crippen molar-refractivity contribution < 1.29 is 0 Å². The molecule has 0 amide bonds. The summed E-state index contributed by atoms with van der Waals surface area (Å²) >= 11 is 0. The lowest BCUT2D eigenvalue weighted by atomic mass is 10.0. The van der Waals surface area contributed by atoms with E-state index in [9.17, 15) is 0 Å². The molecule has 5 heterocycles. The van der Waals surface area contributed by atoms with Crippen molar-refractivity contribution in [2.24, 2.45) is 0 Å². The second-order valence-corrected chi connectivity index (χ2v) is 8.84. The number of para-hydroxylation sites is 2. The van der Waals surface area contributed by atoms with Crippen molar-refractivity contribution >= 4 is 11.5 Å². The van der Waals surface area contributed by atoms with Crippen LogP contribution in [0.25, 0.3) is 5.69 Å². The predicted molar refractivity (Wildman–Crippen MR) is 125 cm³/mol. The normalized spacial score (nSPS) is 21.2. The molecule has 2 saturated heterocycles. The number of aromatic nitrogens is 2. The van der Waals surface area contributed by atoms with E-state index in [2.05, 4.69) is 79.3 Å². The van der Waals surface area contributed by atoms with Crippen molar-refractivity contribution in [3.8, 4) is 5.69 Å². The van der Waals surface area contributed by atoms with E-state index in [0.29, 0.717) is 0 Å². The largest absolute Gasteiger partial charge is 0.371 e. The van der Waals surface area contributed by atoms with Gasteiger partial charge in [0.1, 0.15) is 5.82 Å². The maximum absolute atomic E-state index is 4.86. The Hall–Kier alpha value is -2.83. The summed E-state index contributed by atoms with van der Waals surface area (Å²) in [5.74, 6) is 1.12. The molecule has 2 fully saturated rings. The van der Waals surface area contributed by atoms with Crippen molar-refractivity contribution in [1.29, 1.82) is 0 Å². The molecular weight excluding hydrogens is 384 g/mol. The number of piperazine rings is 1. The highest BCUT2D eigenvalue weighted by Crippen LogP contribution is 2.39. The molecule has 1 N–H and O–H groups in total. The molecule has 160 valence electrons. The summed E-state index contributed by atoms with van der Waals surface area (Å²) in [6, 6.07) is 17.3. The molecule has 1 aromatic carbocycles. The quantitative estimate of drug-likeness (QED) is 0.694. The third kappa shape index (κ3) is 3.50. The maximum atomic E-state index is 4.86. The van der Waals surface area contributed by atoms with Gasteiger partial charge in [-0.3, -0.25) is 4.90 Å². The number of benzene rings is 1. The Kier molecular flexibility index (Phi) is 4.89. The highest BCUT2D eigenvalue weighted by Gasteiger charge is 2.29. The number of fused-ring (bicyclic) bond motifs is 3. The number of pyridine rings is 1. The van der Waals surface area contributed by atoms with Crippen molar-refractivity contribution in [1.82, 2.24) is 19.4 Å². The molecule has 6 rings (SSSR count). The topological polar surface area (TPSA) is 39.6 Å². The van der Waals surface area contributed by atoms with E-state index in [1.165, 1.54) is 55.2 Å². The molecule has 6 heteroatoms. The minimum atomic E-state index is 0.0954. The Labute approximate surface area is 184 Å². The van der Waals surface area contributed by atoms with Gasteiger partial charge in [0.15, 0.2) is 0 Å². The minimum absolute atomic E-state index is 0.0954. The number of hydrogen-bond donors (Lipinski definition) is 1. The lowest BCUT2D eigenvalue weighted by molar-refractivity contribution is 0.145. The van der Waals surface area contributed by atoms with E-state index in [0.717, 1.165) is 32.0 Å². The van der Waals surface area contributed by atoms with Gasteiger partial charge in [0.2, 0.25) is 0 Å². The molecule has 3 aliphatic heterocycles. The summed E-state index contributed by atoms with van der Waals surface area (Å²) in [5.41, 5.74) is 4.90. The SMILES string of the molecule is c1ccc2c(c1)NC(c1cccnc1N1CCN(CCN3CCC3)CC1)c1cccn1-2. The predicted octanol–water partition coefficient (Wildman–Crippen LogP) is 3.21. The average molecular weight is 415 g/mol. The van der Waals surface area contributed by atoms with Crippen LogP contribution in [0.5, 0.6) is 0 Å². The Morgan fingerprint density at radius 1 is 0.839 bits per heavy atom. The van der Waals surface area contributed by atoms with E-state index >= 15 is 0 Å². The van der Waals surface area contributed by atoms with Crippen LogP contribution in [-0.2, 0) is 0 Å². The Morgan fingerprint density at radius 3 is 2.45 bits per heavy atom. The Balaban J connectivity index is 1.23. The zero-order chi connectivity index (χ0) is 20.6. The third-order valence-electron chi connectivity index (χ3n) is 7.02. The van der Waals surface area contributed by atoms with Gasteiger partial charge in [0.25, 0.3) is 0 Å². The molecule has 0 saturated carbocycles. The molecule has 3 aliphatic rings. The summed E-state index contributed by atoms with van der Waals surface area (Å²) in [6.45, 7) is 9.28. The van der Waals surface area contributed by atoms with Gasteiger partial charge in [-0.25, -0.2) is 4.98 Å². The lowest BCUT2D eigenvalue weighted by Crippen LogP contribution is -2.50. The lowest BCUT2D eigenvalue weighted by Gasteiger charge is -2.39. The van der Waals surface area contributed by atoms with Crippen LogP contribution < -0.4 is 10.2 Å². The highest BCUT2D eigenvalue weighted by atomic mass is 15.3. The van der Waals surface area contributed by atoms with Crippen molar-refractivity contribution in [2.45, 2.75) is 12.5 Å². The van der Waals surface area contributed by atoms with Crippen LogP contribution in [0.2, 0.25) is 0 Å². The first-order chi connectivity index (χ1) is 15.4. The van der Waals surface area contributed by atoms with Gasteiger partial charge in [0.05, 0.1) is 17.4 Å². The molecule has 3 aromatic rings. The van der Waals surface area contributed by atoms with Gasteiger partial charge in [-0.15, -0.1) is 0 Å². The van der Waals surface area contributed by atoms with Gasteiger partial charge in [-0.2, -0.15) is 0 Å². The summed E-state index contributed by atoms with van der Waals surface area (Å²) in [4.78, 5) is 12.5. The number of anilines is 2. The number of nitrogens with one attached hydrogen (secondary N) is 1. The summed E-state index contributed by atoms with van der Waals surface area (Å²) in [5, 5.41) is 3.79. The smallest absolute Gasteiger partial charge is 0.134 e. The Morgan fingerprint density at radius 2 is 1.65 bits per heavy atom. The molecule has 6 nitrogen and oxygen atoms in total. The first kappa shape index (κ1) is 18.9. The molecule has 1 unspecified atom stereocenters. The maximum Gasteiger partial charge on any atom is 0.134 e. The van der Waals surface area contributed by atoms with Crippen molar-refractivity contribution in [3.05, 3.63) is 72.2 Å². The summed E-state index contributed by atoms with van der Waals surface area (Å²) in [6.07, 6.45) is 5.47. The average Bonchev–Trinajstić information content (AvgIpc) is 3.28. The van der Waals surface area contributed by atoms with Crippen LogP contribution in [-0.4, -0.2) is 71.7 Å². The Bertz CT molecular complexity index is 1050. The number of nitrogens with zero attached hydrogens (tertiary/aromatic N) is 5. The molecular formula is C25H30N6. The number of hydrogen-bond acceptors (Lipinski definition) is 5. The van der Waals surface area contributed by atoms with Crippen LogP contribution in [0.15, 0.2) is 60.9 Å². The van der Waals surface area contributed by atoms with E-state index in [1.54, 1.807) is 0 Å². The first-order valence-electron chi connectivity index (χ1n) is 11.5. The zero-order valence-corrected chi connectivity index (χ0v) is 18.0. The fourth-order valence-electron chi connectivity index (χ4n) is 5.09. The number of rotatable bonds is 5. The molecule has 0 bridgehead atoms. The summed E-state index contributed by atoms with van der Waals surface area (Å²) in [7, 11) is 0. The molecule has 0 aliphatic carbocycles. The summed E-state index contributed by atoms with van der Waals surface area (Å²) < 4.78 is 2.31. The van der Waals surface area contributed by atoms with E-state index in [1.807, 2.05) is 6.20 Å². The first-order valence-corrected chi connectivity index (χ1v) is 11.5. The van der Waals surface area contributed by atoms with Crippen LogP contribution >= 0.6 is 0 Å². The van der Waals surface area contributed by atoms with Crippen LogP contribution in [0.4, 0.5) is 11.5 Å². The second-order valence-electron chi connectivity index (χ2n) is 8.84. The molecule has 31 heavy (non-hydrogen) atoms. The number of likely N-dealkylation sites (tertiary alicyclic amines) is 1. The van der Waals surface area contributed by atoms with Gasteiger partial charge in [-0.05, 0) is 49.8 Å². The van der Waals surface area contributed by atoms with E-state index < -0.39 is 0 Å². The monoisotopic (exact) mass is 414 g/mol. The van der Waals surface area contributed by atoms with Crippen LogP contribution in [0.3, 0.4) is 0 Å². The molecule has 2 aromatic heterocycles. The molecule has 1 atom stereocenters. The van der Waals surface area contributed by atoms with Crippen LogP contribution in [0, 0.1) is 0 Å². The van der Waals surface area contributed by atoms with Crippen molar-refractivity contribution in [2.75, 3.05) is 62.6 Å². The van der Waals surface area contributed by atoms with Gasteiger partial charge >= 0.3 is 0 Å². The minimum Gasteiger partial charge on any atom is -0.371 e. The van der Waals surface area contributed by atoms with E-state index in [-0.39, 0.29) is 6.04 Å². The fraction of sp³-hybridized carbons (Fsp3) is 0.400. The van der Waals surface area contributed by atoms with Gasteiger partial charge in [-0.1, -0.05) is 18.2 Å². The highest BCUT2D eigenvalue weighted by molar-refractivity contribution is 5.68. The third-order valence-corrected chi connectivity index (χ3v) is 7.02. The fourth-order valence-corrected chi connectivity index (χ4v) is 5.09.